The molecule has 0 amide bonds. The number of rotatable bonds is 8. The number of tetrazole rings is 1. The monoisotopic (exact) mass is 297 g/mol. The Bertz CT molecular complexity index is 411. The van der Waals surface area contributed by atoms with Crippen LogP contribution in [0.5, 0.6) is 0 Å². The number of hydrogen-bond donors (Lipinski definition) is 3. The predicted octanol–water partition coefficient (Wildman–Crippen LogP) is 0.334. The van der Waals surface area contributed by atoms with Crippen LogP contribution < -0.4 is 5.73 Å². The normalized spacial score (nSPS) is 17.9. The highest BCUT2D eigenvalue weighted by atomic mass is 16.6. The minimum Gasteiger partial charge on any atom is -0.402 e. The average molecular weight is 297 g/mol. The number of unbranched alkanes of at least 4 members (excludes halogenated alkanes) is 1. The van der Waals surface area contributed by atoms with Crippen LogP contribution in [0, 0.1) is 0 Å². The van der Waals surface area contributed by atoms with Gasteiger partial charge >= 0.3 is 7.32 Å². The van der Waals surface area contributed by atoms with E-state index < -0.39 is 7.32 Å². The lowest BCUT2D eigenvalue weighted by Gasteiger charge is -2.23. The Morgan fingerprint density at radius 2 is 2.05 bits per heavy atom. The molecule has 1 aliphatic carbocycles. The van der Waals surface area contributed by atoms with Crippen LogP contribution in [-0.2, 0) is 4.65 Å². The summed E-state index contributed by atoms with van der Waals surface area (Å²) in [6.45, 7) is 0.304. The molecule has 0 aliphatic heterocycles. The molecule has 21 heavy (non-hydrogen) atoms. The molecule has 1 aromatic heterocycles. The molecule has 1 heterocycles. The van der Waals surface area contributed by atoms with Gasteiger partial charge in [0.05, 0.1) is 12.1 Å². The Morgan fingerprint density at radius 1 is 1.29 bits per heavy atom. The first-order chi connectivity index (χ1) is 10.2. The van der Waals surface area contributed by atoms with Crippen molar-refractivity contribution in [2.75, 3.05) is 6.61 Å². The van der Waals surface area contributed by atoms with Gasteiger partial charge < -0.3 is 20.4 Å². The molecule has 1 aromatic rings. The van der Waals surface area contributed by atoms with Crippen molar-refractivity contribution in [1.29, 1.82) is 0 Å². The van der Waals surface area contributed by atoms with Gasteiger partial charge in [-0.15, -0.1) is 5.10 Å². The van der Waals surface area contributed by atoms with Crippen LogP contribution in [0.1, 0.15) is 69.3 Å². The van der Waals surface area contributed by atoms with Crippen molar-refractivity contribution in [3.05, 3.63) is 5.82 Å². The van der Waals surface area contributed by atoms with Gasteiger partial charge in [-0.2, -0.15) is 0 Å². The number of nitrogens with two attached hydrogens (primary N) is 1. The quantitative estimate of drug-likeness (QED) is 0.467. The van der Waals surface area contributed by atoms with Gasteiger partial charge in [0, 0.05) is 6.61 Å². The van der Waals surface area contributed by atoms with Gasteiger partial charge in [-0.3, -0.25) is 0 Å². The molecule has 118 valence electrons. The van der Waals surface area contributed by atoms with Crippen molar-refractivity contribution in [2.45, 2.75) is 63.5 Å². The highest BCUT2D eigenvalue weighted by molar-refractivity contribution is 6.32. The standard InChI is InChI=1S/C12H24BN5O3/c14-11(8-4-5-9-21-13(19)20)12-15-16-17-18(12)10-6-2-1-3-7-10/h10-11,19-20H,1-9,14H2. The summed E-state index contributed by atoms with van der Waals surface area (Å²) in [7, 11) is -1.70. The van der Waals surface area contributed by atoms with Gasteiger partial charge in [0.15, 0.2) is 5.82 Å². The fourth-order valence-corrected chi connectivity index (χ4v) is 2.81. The summed E-state index contributed by atoms with van der Waals surface area (Å²) >= 11 is 0. The second-order valence-electron chi connectivity index (χ2n) is 5.57. The van der Waals surface area contributed by atoms with Gasteiger partial charge in [0.2, 0.25) is 0 Å². The molecule has 0 saturated heterocycles. The Hall–Kier alpha value is -1.03. The lowest BCUT2D eigenvalue weighted by molar-refractivity contribution is 0.181. The average Bonchev–Trinajstić information content (AvgIpc) is 2.97. The Kier molecular flexibility index (Phi) is 6.56. The minimum atomic E-state index is -1.70. The third-order valence-corrected chi connectivity index (χ3v) is 3.95. The van der Waals surface area contributed by atoms with Gasteiger partial charge in [-0.1, -0.05) is 19.3 Å². The van der Waals surface area contributed by atoms with E-state index in [1.165, 1.54) is 19.3 Å². The van der Waals surface area contributed by atoms with Crippen LogP contribution >= 0.6 is 0 Å². The molecule has 1 saturated carbocycles. The maximum Gasteiger partial charge on any atom is 0.633 e. The molecule has 8 nitrogen and oxygen atoms in total. The third-order valence-electron chi connectivity index (χ3n) is 3.95. The molecule has 2 rings (SSSR count). The van der Waals surface area contributed by atoms with E-state index in [0.717, 1.165) is 37.9 Å². The number of nitrogens with zero attached hydrogens (tertiary/aromatic N) is 4. The van der Waals surface area contributed by atoms with Crippen molar-refractivity contribution in [1.82, 2.24) is 20.2 Å². The first kappa shape index (κ1) is 16.3. The molecule has 0 aromatic carbocycles. The number of hydrogen-bond acceptors (Lipinski definition) is 7. The van der Waals surface area contributed by atoms with Crippen LogP contribution in [0.25, 0.3) is 0 Å². The zero-order valence-electron chi connectivity index (χ0n) is 12.3. The zero-order chi connectivity index (χ0) is 15.1. The molecule has 1 aliphatic rings. The van der Waals surface area contributed by atoms with Gasteiger partial charge in [0.1, 0.15) is 0 Å². The summed E-state index contributed by atoms with van der Waals surface area (Å²) < 4.78 is 6.56. The van der Waals surface area contributed by atoms with Crippen LogP contribution in [0.2, 0.25) is 0 Å². The Labute approximate surface area is 124 Å². The maximum absolute atomic E-state index is 8.57. The molecule has 0 bridgehead atoms. The van der Waals surface area contributed by atoms with Gasteiger partial charge in [-0.05, 0) is 42.5 Å². The molecule has 1 unspecified atom stereocenters. The maximum atomic E-state index is 8.57. The van der Waals surface area contributed by atoms with Crippen molar-refractivity contribution >= 4 is 7.32 Å². The van der Waals surface area contributed by atoms with Crippen LogP contribution in [0.4, 0.5) is 0 Å². The second kappa shape index (κ2) is 8.43. The summed E-state index contributed by atoms with van der Waals surface area (Å²) in [4.78, 5) is 0. The first-order valence-electron chi connectivity index (χ1n) is 7.69. The van der Waals surface area contributed by atoms with Crippen LogP contribution in [0.15, 0.2) is 0 Å². The molecule has 0 radical (unpaired) electrons. The lowest BCUT2D eigenvalue weighted by atomic mass is 9.95. The SMILES string of the molecule is NC(CCCCOB(O)O)c1nnnn1C1CCCCC1. The van der Waals surface area contributed by atoms with Gasteiger partial charge in [-0.25, -0.2) is 4.68 Å². The number of aromatic nitrogens is 4. The first-order valence-corrected chi connectivity index (χ1v) is 7.69. The largest absolute Gasteiger partial charge is 0.633 e. The zero-order valence-corrected chi connectivity index (χ0v) is 12.3. The predicted molar refractivity (Wildman–Crippen MR) is 76.9 cm³/mol. The fourth-order valence-electron chi connectivity index (χ4n) is 2.81. The molecule has 1 fully saturated rings. The summed E-state index contributed by atoms with van der Waals surface area (Å²) in [5.41, 5.74) is 6.19. The Balaban J connectivity index is 1.79. The van der Waals surface area contributed by atoms with E-state index in [1.807, 2.05) is 4.68 Å². The summed E-state index contributed by atoms with van der Waals surface area (Å²) in [5.74, 6) is 0.755. The summed E-state index contributed by atoms with van der Waals surface area (Å²) in [5, 5.41) is 29.1. The highest BCUT2D eigenvalue weighted by Crippen LogP contribution is 2.29. The second-order valence-corrected chi connectivity index (χ2v) is 5.57. The lowest BCUT2D eigenvalue weighted by Crippen LogP contribution is -2.22. The minimum absolute atomic E-state index is 0.194. The van der Waals surface area contributed by atoms with E-state index >= 15 is 0 Å². The molecular formula is C12H24BN5O3. The topological polar surface area (TPSA) is 119 Å². The molecular weight excluding hydrogens is 273 g/mol. The van der Waals surface area contributed by atoms with Crippen molar-refractivity contribution in [3.8, 4) is 0 Å². The molecule has 0 spiro atoms. The van der Waals surface area contributed by atoms with E-state index in [2.05, 4.69) is 20.2 Å². The van der Waals surface area contributed by atoms with Crippen molar-refractivity contribution < 1.29 is 14.7 Å². The summed E-state index contributed by atoms with van der Waals surface area (Å²) in [6, 6.07) is 0.184. The van der Waals surface area contributed by atoms with Gasteiger partial charge in [0.25, 0.3) is 0 Å². The van der Waals surface area contributed by atoms with E-state index in [4.69, 9.17) is 15.8 Å². The van der Waals surface area contributed by atoms with Crippen LogP contribution in [-0.4, -0.2) is 44.2 Å². The van der Waals surface area contributed by atoms with E-state index in [-0.39, 0.29) is 6.04 Å². The smallest absolute Gasteiger partial charge is 0.402 e. The van der Waals surface area contributed by atoms with Crippen LogP contribution in [0.3, 0.4) is 0 Å². The molecule has 1 atom stereocenters. The third kappa shape index (κ3) is 5.03. The van der Waals surface area contributed by atoms with Crippen molar-refractivity contribution in [3.63, 3.8) is 0 Å². The molecule has 4 N–H and O–H groups in total. The highest BCUT2D eigenvalue weighted by Gasteiger charge is 2.23. The van der Waals surface area contributed by atoms with Crippen molar-refractivity contribution in [2.24, 2.45) is 5.73 Å². The fraction of sp³-hybridized carbons (Fsp3) is 0.917. The summed E-state index contributed by atoms with van der Waals surface area (Å²) in [6.07, 6.45) is 8.26. The van der Waals surface area contributed by atoms with E-state index in [9.17, 15) is 0 Å². The van der Waals surface area contributed by atoms with E-state index in [1.54, 1.807) is 0 Å². The molecule has 9 heteroatoms. The van der Waals surface area contributed by atoms with E-state index in [0.29, 0.717) is 12.6 Å². The Morgan fingerprint density at radius 3 is 2.76 bits per heavy atom.